The fourth-order valence-electron chi connectivity index (χ4n) is 2.65. The third-order valence-corrected chi connectivity index (χ3v) is 4.31. The number of aliphatic carboxylic acids is 1. The lowest BCUT2D eigenvalue weighted by Gasteiger charge is -2.35. The smallest absolute Gasteiger partial charge is 0.308 e. The number of benzene rings is 1. The number of hydrogen-bond donors (Lipinski definition) is 2. The fourth-order valence-corrected chi connectivity index (χ4v) is 2.65. The average Bonchev–Trinajstić information content (AvgIpc) is 2.51. The van der Waals surface area contributed by atoms with Gasteiger partial charge in [0.1, 0.15) is 0 Å². The number of carbonyl (C=O) groups excluding carboxylic acids is 1. The Kier molecular flexibility index (Phi) is 4.63. The number of nitrogens with zero attached hydrogens (tertiary/aromatic N) is 1. The quantitative estimate of drug-likeness (QED) is 0.883. The zero-order valence-corrected chi connectivity index (χ0v) is 12.5. The molecule has 5 heteroatoms. The number of fused-ring (bicyclic) bond motifs is 1. The van der Waals surface area contributed by atoms with Crippen molar-refractivity contribution in [2.24, 2.45) is 17.6 Å². The van der Waals surface area contributed by atoms with Gasteiger partial charge in [-0.15, -0.1) is 0 Å². The van der Waals surface area contributed by atoms with Gasteiger partial charge < -0.3 is 15.7 Å². The topological polar surface area (TPSA) is 83.6 Å². The summed E-state index contributed by atoms with van der Waals surface area (Å²) in [5, 5.41) is 9.29. The standard InChI is InChI=1S/C16H22N2O3/c1-3-10(2)14(17)15(19)18-9-12(16(20)21)8-11-6-4-5-7-13(11)18/h4-7,10,12,14H,3,8-9,17H2,1-2H3,(H,20,21)/t10-,12?,14-/m0/s1. The van der Waals surface area contributed by atoms with Crippen LogP contribution < -0.4 is 10.6 Å². The molecule has 21 heavy (non-hydrogen) atoms. The van der Waals surface area contributed by atoms with E-state index in [0.29, 0.717) is 6.42 Å². The summed E-state index contributed by atoms with van der Waals surface area (Å²) in [6, 6.07) is 6.85. The molecule has 1 amide bonds. The van der Waals surface area contributed by atoms with E-state index in [1.165, 1.54) is 0 Å². The second kappa shape index (κ2) is 6.26. The summed E-state index contributed by atoms with van der Waals surface area (Å²) >= 11 is 0. The molecule has 1 heterocycles. The van der Waals surface area contributed by atoms with Crippen LogP contribution in [0.25, 0.3) is 0 Å². The minimum Gasteiger partial charge on any atom is -0.481 e. The minimum absolute atomic E-state index is 0.0647. The first-order valence-corrected chi connectivity index (χ1v) is 7.33. The second-order valence-electron chi connectivity index (χ2n) is 5.73. The van der Waals surface area contributed by atoms with Crippen LogP contribution in [-0.4, -0.2) is 29.6 Å². The summed E-state index contributed by atoms with van der Waals surface area (Å²) < 4.78 is 0. The maximum absolute atomic E-state index is 12.6. The van der Waals surface area contributed by atoms with Crippen LogP contribution in [0.5, 0.6) is 0 Å². The first kappa shape index (κ1) is 15.5. The Morgan fingerprint density at radius 1 is 1.43 bits per heavy atom. The molecule has 0 saturated heterocycles. The van der Waals surface area contributed by atoms with E-state index in [9.17, 15) is 14.7 Å². The number of carboxylic acid groups (broad SMARTS) is 1. The van der Waals surface area contributed by atoms with Gasteiger partial charge in [-0.1, -0.05) is 38.5 Å². The van der Waals surface area contributed by atoms with E-state index < -0.39 is 17.9 Å². The molecule has 5 nitrogen and oxygen atoms in total. The van der Waals surface area contributed by atoms with Crippen molar-refractivity contribution in [2.75, 3.05) is 11.4 Å². The molecule has 0 saturated carbocycles. The molecule has 1 aromatic carbocycles. The summed E-state index contributed by atoms with van der Waals surface area (Å²) in [7, 11) is 0. The predicted octanol–water partition coefficient (Wildman–Crippen LogP) is 1.65. The SMILES string of the molecule is CC[C@H](C)[C@H](N)C(=O)N1CC(C(=O)O)Cc2ccccc21. The highest BCUT2D eigenvalue weighted by molar-refractivity contribution is 5.99. The van der Waals surface area contributed by atoms with Gasteiger partial charge in [-0.3, -0.25) is 9.59 Å². The summed E-state index contributed by atoms with van der Waals surface area (Å²) in [4.78, 5) is 25.5. The lowest BCUT2D eigenvalue weighted by atomic mass is 9.90. The van der Waals surface area contributed by atoms with Gasteiger partial charge in [0.05, 0.1) is 12.0 Å². The number of rotatable bonds is 4. The Morgan fingerprint density at radius 2 is 2.10 bits per heavy atom. The molecule has 1 aliphatic heterocycles. The van der Waals surface area contributed by atoms with Gasteiger partial charge in [0.2, 0.25) is 5.91 Å². The van der Waals surface area contributed by atoms with Crippen LogP contribution in [0.15, 0.2) is 24.3 Å². The molecule has 1 aromatic rings. The summed E-state index contributed by atoms with van der Waals surface area (Å²) in [5.74, 6) is -1.58. The van der Waals surface area contributed by atoms with Crippen LogP contribution in [0, 0.1) is 11.8 Å². The highest BCUT2D eigenvalue weighted by Crippen LogP contribution is 2.30. The van der Waals surface area contributed by atoms with Gasteiger partial charge in [0.15, 0.2) is 0 Å². The molecule has 0 aliphatic carbocycles. The highest BCUT2D eigenvalue weighted by Gasteiger charge is 2.35. The Bertz CT molecular complexity index is 544. The minimum atomic E-state index is -0.876. The van der Waals surface area contributed by atoms with Crippen molar-refractivity contribution in [3.63, 3.8) is 0 Å². The van der Waals surface area contributed by atoms with Crippen molar-refractivity contribution in [1.82, 2.24) is 0 Å². The number of carboxylic acids is 1. The third-order valence-electron chi connectivity index (χ3n) is 4.31. The largest absolute Gasteiger partial charge is 0.481 e. The van der Waals surface area contributed by atoms with Crippen molar-refractivity contribution in [3.05, 3.63) is 29.8 Å². The van der Waals surface area contributed by atoms with Gasteiger partial charge in [-0.25, -0.2) is 0 Å². The number of hydrogen-bond acceptors (Lipinski definition) is 3. The Balaban J connectivity index is 2.33. The van der Waals surface area contributed by atoms with E-state index >= 15 is 0 Å². The van der Waals surface area contributed by atoms with E-state index in [2.05, 4.69) is 0 Å². The zero-order valence-electron chi connectivity index (χ0n) is 12.5. The van der Waals surface area contributed by atoms with Crippen LogP contribution in [0.1, 0.15) is 25.8 Å². The zero-order chi connectivity index (χ0) is 15.6. The predicted molar refractivity (Wildman–Crippen MR) is 81.1 cm³/mol. The van der Waals surface area contributed by atoms with Crippen LogP contribution in [0.4, 0.5) is 5.69 Å². The average molecular weight is 290 g/mol. The summed E-state index contributed by atoms with van der Waals surface area (Å²) in [6.07, 6.45) is 1.26. The molecule has 0 bridgehead atoms. The lowest BCUT2D eigenvalue weighted by molar-refractivity contribution is -0.141. The maximum atomic E-state index is 12.6. The molecule has 0 radical (unpaired) electrons. The van der Waals surface area contributed by atoms with Gasteiger partial charge >= 0.3 is 5.97 Å². The van der Waals surface area contributed by atoms with E-state index in [1.807, 2.05) is 38.1 Å². The Hall–Kier alpha value is -1.88. The van der Waals surface area contributed by atoms with Gasteiger partial charge in [-0.05, 0) is 24.0 Å². The number of carbonyl (C=O) groups is 2. The monoisotopic (exact) mass is 290 g/mol. The molecular weight excluding hydrogens is 268 g/mol. The van der Waals surface area contributed by atoms with Crippen LogP contribution in [0.3, 0.4) is 0 Å². The molecule has 0 aromatic heterocycles. The molecule has 0 spiro atoms. The first-order valence-electron chi connectivity index (χ1n) is 7.33. The lowest BCUT2D eigenvalue weighted by Crippen LogP contribution is -2.51. The van der Waals surface area contributed by atoms with E-state index in [-0.39, 0.29) is 18.4 Å². The summed E-state index contributed by atoms with van der Waals surface area (Å²) in [6.45, 7) is 4.12. The maximum Gasteiger partial charge on any atom is 0.308 e. The number of amides is 1. The molecular formula is C16H22N2O3. The molecule has 1 aliphatic rings. The normalized spacial score (nSPS) is 20.5. The highest BCUT2D eigenvalue weighted by atomic mass is 16.4. The molecule has 3 atom stereocenters. The van der Waals surface area contributed by atoms with Crippen molar-refractivity contribution < 1.29 is 14.7 Å². The van der Waals surface area contributed by atoms with Gasteiger partial charge in [0, 0.05) is 12.2 Å². The molecule has 114 valence electrons. The van der Waals surface area contributed by atoms with Crippen LogP contribution in [0.2, 0.25) is 0 Å². The first-order chi connectivity index (χ1) is 9.95. The van der Waals surface area contributed by atoms with E-state index in [1.54, 1.807) is 4.90 Å². The number of nitrogens with two attached hydrogens (primary N) is 1. The van der Waals surface area contributed by atoms with Crippen molar-refractivity contribution in [3.8, 4) is 0 Å². The fraction of sp³-hybridized carbons (Fsp3) is 0.500. The van der Waals surface area contributed by atoms with Crippen molar-refractivity contribution in [1.29, 1.82) is 0 Å². The van der Waals surface area contributed by atoms with Crippen molar-refractivity contribution >= 4 is 17.6 Å². The molecule has 0 fully saturated rings. The summed E-state index contributed by atoms with van der Waals surface area (Å²) in [5.41, 5.74) is 7.72. The molecule has 2 rings (SSSR count). The Labute approximate surface area is 124 Å². The molecule has 3 N–H and O–H groups in total. The molecule has 1 unspecified atom stereocenters. The van der Waals surface area contributed by atoms with Crippen LogP contribution in [-0.2, 0) is 16.0 Å². The number of anilines is 1. The third kappa shape index (κ3) is 3.08. The second-order valence-corrected chi connectivity index (χ2v) is 5.73. The van der Waals surface area contributed by atoms with Crippen molar-refractivity contribution in [2.45, 2.75) is 32.7 Å². The van der Waals surface area contributed by atoms with Gasteiger partial charge in [0.25, 0.3) is 0 Å². The van der Waals surface area contributed by atoms with E-state index in [4.69, 9.17) is 5.73 Å². The number of para-hydroxylation sites is 1. The Morgan fingerprint density at radius 3 is 2.71 bits per heavy atom. The van der Waals surface area contributed by atoms with E-state index in [0.717, 1.165) is 17.7 Å². The van der Waals surface area contributed by atoms with Crippen LogP contribution >= 0.6 is 0 Å². The van der Waals surface area contributed by atoms with Gasteiger partial charge in [-0.2, -0.15) is 0 Å².